The molecule has 1 aromatic rings. The average molecular weight is 319 g/mol. The van der Waals surface area contributed by atoms with E-state index in [1.807, 2.05) is 32.0 Å². The Balaban J connectivity index is 1.75. The third kappa shape index (κ3) is 5.25. The molecule has 1 aliphatic heterocycles. The van der Waals surface area contributed by atoms with Crippen molar-refractivity contribution in [1.82, 2.24) is 5.32 Å². The van der Waals surface area contributed by atoms with Crippen molar-refractivity contribution < 1.29 is 14.3 Å². The van der Waals surface area contributed by atoms with Gasteiger partial charge >= 0.3 is 0 Å². The molecule has 1 aliphatic rings. The van der Waals surface area contributed by atoms with Gasteiger partial charge in [-0.15, -0.1) is 0 Å². The molecule has 0 unspecified atom stereocenters. The van der Waals surface area contributed by atoms with E-state index in [0.717, 1.165) is 23.4 Å². The van der Waals surface area contributed by atoms with Gasteiger partial charge in [-0.05, 0) is 50.5 Å². The van der Waals surface area contributed by atoms with Crippen molar-refractivity contribution >= 4 is 17.5 Å². The lowest BCUT2D eigenvalue weighted by Gasteiger charge is -2.24. The molecule has 126 valence electrons. The number of anilines is 1. The predicted molar refractivity (Wildman–Crippen MR) is 89.4 cm³/mol. The highest BCUT2D eigenvalue weighted by atomic mass is 16.5. The monoisotopic (exact) mass is 319 g/mol. The first-order valence-electron chi connectivity index (χ1n) is 7.96. The Hall–Kier alpha value is -2.08. The van der Waals surface area contributed by atoms with Crippen LogP contribution in [0.3, 0.4) is 0 Å². The van der Waals surface area contributed by atoms with Crippen molar-refractivity contribution in [2.24, 2.45) is 5.73 Å². The van der Waals surface area contributed by atoms with Crippen LogP contribution in [-0.4, -0.2) is 30.5 Å². The molecule has 1 aromatic carbocycles. The lowest BCUT2D eigenvalue weighted by molar-refractivity contribution is -0.122. The number of nitrogens with one attached hydrogen (secondary N) is 2. The second-order valence-electron chi connectivity index (χ2n) is 6.46. The summed E-state index contributed by atoms with van der Waals surface area (Å²) in [4.78, 5) is 23.1. The van der Waals surface area contributed by atoms with Crippen molar-refractivity contribution in [3.63, 3.8) is 0 Å². The summed E-state index contributed by atoms with van der Waals surface area (Å²) in [7, 11) is 0. The number of ether oxygens (including phenoxy) is 1. The third-order valence-corrected chi connectivity index (χ3v) is 3.78. The molecule has 0 fully saturated rings. The van der Waals surface area contributed by atoms with E-state index < -0.39 is 0 Å². The zero-order valence-corrected chi connectivity index (χ0v) is 13.8. The van der Waals surface area contributed by atoms with Gasteiger partial charge in [0.25, 0.3) is 0 Å². The van der Waals surface area contributed by atoms with E-state index in [2.05, 4.69) is 10.6 Å². The Labute approximate surface area is 136 Å². The van der Waals surface area contributed by atoms with Gasteiger partial charge in [-0.1, -0.05) is 0 Å². The van der Waals surface area contributed by atoms with Crippen LogP contribution in [0.25, 0.3) is 0 Å². The van der Waals surface area contributed by atoms with Gasteiger partial charge in [-0.3, -0.25) is 9.59 Å². The van der Waals surface area contributed by atoms with Crippen LogP contribution in [0.15, 0.2) is 18.2 Å². The predicted octanol–water partition coefficient (Wildman–Crippen LogP) is 1.58. The fourth-order valence-corrected chi connectivity index (χ4v) is 2.36. The molecule has 23 heavy (non-hydrogen) atoms. The van der Waals surface area contributed by atoms with Gasteiger partial charge in [0.15, 0.2) is 0 Å². The van der Waals surface area contributed by atoms with E-state index in [9.17, 15) is 9.59 Å². The number of hydrogen-bond donors (Lipinski definition) is 3. The number of fused-ring (bicyclic) bond motifs is 1. The Morgan fingerprint density at radius 1 is 1.39 bits per heavy atom. The summed E-state index contributed by atoms with van der Waals surface area (Å²) in [6.07, 6.45) is 2.28. The molecule has 0 bridgehead atoms. The highest BCUT2D eigenvalue weighted by Gasteiger charge is 2.18. The number of nitrogens with two attached hydrogens (primary N) is 1. The quantitative estimate of drug-likeness (QED) is 0.665. The van der Waals surface area contributed by atoms with Crippen LogP contribution in [0, 0.1) is 0 Å². The maximum atomic E-state index is 11.8. The molecule has 0 radical (unpaired) electrons. The molecule has 2 rings (SSSR count). The van der Waals surface area contributed by atoms with Gasteiger partial charge < -0.3 is 21.1 Å². The highest BCUT2D eigenvalue weighted by molar-refractivity contribution is 5.94. The number of rotatable bonds is 7. The molecule has 0 saturated heterocycles. The number of benzene rings is 1. The van der Waals surface area contributed by atoms with Crippen LogP contribution in [0.1, 0.15) is 38.7 Å². The standard InChI is InChI=1S/C17H25N3O3/c1-17(2,11-18)20-16(22)4-3-9-23-13-6-7-14-12(10-13)5-8-15(21)19-14/h6-7,10H,3-5,8-9,11,18H2,1-2H3,(H,19,21)(H,20,22). The molecular weight excluding hydrogens is 294 g/mol. The number of amides is 2. The van der Waals surface area contributed by atoms with Gasteiger partial charge in [0.2, 0.25) is 11.8 Å². The van der Waals surface area contributed by atoms with E-state index in [4.69, 9.17) is 10.5 Å². The van der Waals surface area contributed by atoms with Crippen LogP contribution in [0.2, 0.25) is 0 Å². The van der Waals surface area contributed by atoms with Gasteiger partial charge in [0, 0.05) is 30.6 Å². The van der Waals surface area contributed by atoms with Crippen LogP contribution < -0.4 is 21.1 Å². The fraction of sp³-hybridized carbons (Fsp3) is 0.529. The number of carbonyl (C=O) groups is 2. The molecule has 0 atom stereocenters. The van der Waals surface area contributed by atoms with Crippen LogP contribution >= 0.6 is 0 Å². The van der Waals surface area contributed by atoms with E-state index in [1.165, 1.54) is 0 Å². The summed E-state index contributed by atoms with van der Waals surface area (Å²) in [6, 6.07) is 5.65. The van der Waals surface area contributed by atoms with E-state index in [-0.39, 0.29) is 17.4 Å². The maximum Gasteiger partial charge on any atom is 0.224 e. The average Bonchev–Trinajstić information content (AvgIpc) is 2.51. The van der Waals surface area contributed by atoms with Crippen LogP contribution in [0.5, 0.6) is 5.75 Å². The second kappa shape index (κ2) is 7.46. The summed E-state index contributed by atoms with van der Waals surface area (Å²) >= 11 is 0. The molecule has 6 nitrogen and oxygen atoms in total. The van der Waals surface area contributed by atoms with Crippen molar-refractivity contribution in [2.75, 3.05) is 18.5 Å². The summed E-state index contributed by atoms with van der Waals surface area (Å²) in [5, 5.41) is 5.73. The van der Waals surface area contributed by atoms with E-state index >= 15 is 0 Å². The fourth-order valence-electron chi connectivity index (χ4n) is 2.36. The van der Waals surface area contributed by atoms with Gasteiger partial charge in [-0.25, -0.2) is 0 Å². The van der Waals surface area contributed by atoms with Crippen molar-refractivity contribution in [3.8, 4) is 5.75 Å². The molecule has 0 aliphatic carbocycles. The molecule has 6 heteroatoms. The van der Waals surface area contributed by atoms with Crippen LogP contribution in [0.4, 0.5) is 5.69 Å². The zero-order chi connectivity index (χ0) is 16.9. The first kappa shape index (κ1) is 17.3. The molecular formula is C17H25N3O3. The topological polar surface area (TPSA) is 93.4 Å². The lowest BCUT2D eigenvalue weighted by atomic mass is 10.0. The Morgan fingerprint density at radius 2 is 2.17 bits per heavy atom. The Morgan fingerprint density at radius 3 is 2.91 bits per heavy atom. The van der Waals surface area contributed by atoms with E-state index in [0.29, 0.717) is 32.4 Å². The van der Waals surface area contributed by atoms with Crippen molar-refractivity contribution in [1.29, 1.82) is 0 Å². The molecule has 2 amide bonds. The van der Waals surface area contributed by atoms with Crippen molar-refractivity contribution in [2.45, 2.75) is 45.1 Å². The van der Waals surface area contributed by atoms with Gasteiger partial charge in [0.05, 0.1) is 6.61 Å². The largest absolute Gasteiger partial charge is 0.494 e. The minimum Gasteiger partial charge on any atom is -0.494 e. The van der Waals surface area contributed by atoms with E-state index in [1.54, 1.807) is 0 Å². The highest BCUT2D eigenvalue weighted by Crippen LogP contribution is 2.26. The Kier molecular flexibility index (Phi) is 5.60. The lowest BCUT2D eigenvalue weighted by Crippen LogP contribution is -2.48. The third-order valence-electron chi connectivity index (χ3n) is 3.78. The molecule has 0 saturated carbocycles. The van der Waals surface area contributed by atoms with Gasteiger partial charge in [0.1, 0.15) is 5.75 Å². The maximum absolute atomic E-state index is 11.8. The molecule has 1 heterocycles. The smallest absolute Gasteiger partial charge is 0.224 e. The summed E-state index contributed by atoms with van der Waals surface area (Å²) in [5.74, 6) is 0.803. The first-order chi connectivity index (χ1) is 10.9. The molecule has 0 aromatic heterocycles. The van der Waals surface area contributed by atoms with Crippen LogP contribution in [-0.2, 0) is 16.0 Å². The number of aryl methyl sites for hydroxylation is 1. The normalized spacial score (nSPS) is 14.0. The Bertz CT molecular complexity index is 584. The summed E-state index contributed by atoms with van der Waals surface area (Å²) in [5.41, 5.74) is 7.16. The molecule has 4 N–H and O–H groups in total. The van der Waals surface area contributed by atoms with Crippen molar-refractivity contribution in [3.05, 3.63) is 23.8 Å². The minimum atomic E-state index is -0.374. The second-order valence-corrected chi connectivity index (χ2v) is 6.46. The minimum absolute atomic E-state index is 0.0165. The molecule has 0 spiro atoms. The SMILES string of the molecule is CC(C)(CN)NC(=O)CCCOc1ccc2c(c1)CCC(=O)N2. The summed E-state index contributed by atoms with van der Waals surface area (Å²) < 4.78 is 5.69. The summed E-state index contributed by atoms with van der Waals surface area (Å²) in [6.45, 7) is 4.67. The number of carbonyl (C=O) groups excluding carboxylic acids is 2. The van der Waals surface area contributed by atoms with Gasteiger partial charge in [-0.2, -0.15) is 0 Å². The number of hydrogen-bond acceptors (Lipinski definition) is 4. The first-order valence-corrected chi connectivity index (χ1v) is 7.96. The zero-order valence-electron chi connectivity index (χ0n) is 13.8.